The fourth-order valence-electron chi connectivity index (χ4n) is 1.09. The Labute approximate surface area is 125 Å². The van der Waals surface area contributed by atoms with E-state index in [2.05, 4.69) is 47.8 Å². The van der Waals surface area contributed by atoms with Crippen molar-refractivity contribution in [2.75, 3.05) is 5.75 Å². The molecule has 0 spiro atoms. The summed E-state index contributed by atoms with van der Waals surface area (Å²) >= 11 is 9.15. The number of carbonyl (C=O) groups excluding carboxylic acids is 1. The maximum atomic E-state index is 12.1. The van der Waals surface area contributed by atoms with Crippen LogP contribution < -0.4 is 0 Å². The van der Waals surface area contributed by atoms with Gasteiger partial charge in [-0.25, -0.2) is 8.42 Å². The minimum Gasteiger partial charge on any atom is -0.290 e. The molecule has 1 aromatic rings. The van der Waals surface area contributed by atoms with Gasteiger partial charge in [0.1, 0.15) is 0 Å². The maximum Gasteiger partial charge on any atom is 0.243 e. The molecule has 1 aromatic carbocycles. The van der Waals surface area contributed by atoms with E-state index in [1.165, 1.54) is 6.92 Å². The molecule has 0 unspecified atom stereocenters. The van der Waals surface area contributed by atoms with Gasteiger partial charge in [0.25, 0.3) is 0 Å². The summed E-state index contributed by atoms with van der Waals surface area (Å²) in [6.07, 6.45) is 0. The van der Waals surface area contributed by atoms with Gasteiger partial charge >= 0.3 is 0 Å². The summed E-state index contributed by atoms with van der Waals surface area (Å²) < 4.78 is 22.6. The molecule has 0 heterocycles. The number of carbonyl (C=O) groups is 1. The van der Waals surface area contributed by atoms with Crippen molar-refractivity contribution < 1.29 is 13.2 Å². The van der Waals surface area contributed by atoms with E-state index in [4.69, 9.17) is 0 Å². The largest absolute Gasteiger partial charge is 0.290 e. The molecule has 0 saturated carbocycles. The molecular formula is C10H9Br3O3S. The van der Waals surface area contributed by atoms with Gasteiger partial charge in [0.15, 0.2) is 9.84 Å². The number of Topliss-reactive ketones (excluding diaryl/α,β-unsaturated/α-hetero) is 1. The minimum atomic E-state index is -3.58. The first-order chi connectivity index (χ1) is 7.72. The van der Waals surface area contributed by atoms with Gasteiger partial charge < -0.3 is 0 Å². The van der Waals surface area contributed by atoms with Gasteiger partial charge in [0.2, 0.25) is 8.35 Å². The second kappa shape index (κ2) is 5.50. The predicted molar refractivity (Wildman–Crippen MR) is 78.5 cm³/mol. The van der Waals surface area contributed by atoms with E-state index in [0.717, 1.165) is 4.47 Å². The van der Waals surface area contributed by atoms with Crippen LogP contribution in [0.5, 0.6) is 0 Å². The lowest BCUT2D eigenvalue weighted by atomic mass is 10.1. The molecule has 0 fully saturated rings. The van der Waals surface area contributed by atoms with E-state index < -0.39 is 18.2 Å². The van der Waals surface area contributed by atoms with Gasteiger partial charge in [-0.2, -0.15) is 0 Å². The van der Waals surface area contributed by atoms with Crippen molar-refractivity contribution in [2.45, 2.75) is 9.49 Å². The highest BCUT2D eigenvalue weighted by atomic mass is 79.9. The molecule has 0 aromatic heterocycles. The zero-order valence-corrected chi connectivity index (χ0v) is 14.4. The Bertz CT molecular complexity index is 520. The van der Waals surface area contributed by atoms with Crippen LogP contribution >= 0.6 is 47.8 Å². The molecule has 0 aliphatic carbocycles. The molecule has 0 radical (unpaired) electrons. The third kappa shape index (κ3) is 3.19. The Balaban J connectivity index is 3.18. The number of alkyl halides is 2. The van der Waals surface area contributed by atoms with Gasteiger partial charge in [0.05, 0.1) is 5.75 Å². The molecule has 3 nitrogen and oxygen atoms in total. The van der Waals surface area contributed by atoms with Crippen LogP contribution in [0, 0.1) is 0 Å². The molecule has 0 atom stereocenters. The summed E-state index contributed by atoms with van der Waals surface area (Å²) in [5.74, 6) is -0.668. The lowest BCUT2D eigenvalue weighted by Crippen LogP contribution is -2.35. The molecule has 1 rings (SSSR count). The van der Waals surface area contributed by atoms with Crippen LogP contribution in [0.1, 0.15) is 17.3 Å². The second-order valence-electron chi connectivity index (χ2n) is 3.26. The summed E-state index contributed by atoms with van der Waals surface area (Å²) in [6.45, 7) is 1.49. The number of ketones is 1. The molecule has 94 valence electrons. The highest BCUT2D eigenvalue weighted by Gasteiger charge is 2.45. The van der Waals surface area contributed by atoms with Crippen molar-refractivity contribution in [3.05, 3.63) is 34.3 Å². The normalized spacial score (nSPS) is 12.5. The van der Waals surface area contributed by atoms with Gasteiger partial charge in [-0.15, -0.1) is 0 Å². The molecule has 0 saturated heterocycles. The van der Waals surface area contributed by atoms with Gasteiger partial charge in [-0.3, -0.25) is 4.79 Å². The summed E-state index contributed by atoms with van der Waals surface area (Å²) in [7, 11) is -3.58. The summed E-state index contributed by atoms with van der Waals surface area (Å²) in [6, 6.07) is 6.49. The van der Waals surface area contributed by atoms with Crippen LogP contribution in [-0.2, 0) is 9.84 Å². The first-order valence-electron chi connectivity index (χ1n) is 4.63. The highest BCUT2D eigenvalue weighted by molar-refractivity contribution is 9.28. The molecule has 0 aliphatic heterocycles. The predicted octanol–water partition coefficient (Wildman–Crippen LogP) is 3.51. The zero-order valence-electron chi connectivity index (χ0n) is 8.78. The summed E-state index contributed by atoms with van der Waals surface area (Å²) in [4.78, 5) is 12.1. The van der Waals surface area contributed by atoms with Crippen molar-refractivity contribution in [1.82, 2.24) is 0 Å². The number of hydrogen-bond donors (Lipinski definition) is 0. The van der Waals surface area contributed by atoms with E-state index >= 15 is 0 Å². The van der Waals surface area contributed by atoms with Crippen LogP contribution in [-0.4, -0.2) is 22.5 Å². The van der Waals surface area contributed by atoms with Crippen LogP contribution in [0.4, 0.5) is 0 Å². The van der Waals surface area contributed by atoms with Crippen LogP contribution in [0.15, 0.2) is 28.7 Å². The monoisotopic (exact) mass is 446 g/mol. The average Bonchev–Trinajstić information content (AvgIpc) is 2.28. The third-order valence-corrected chi connectivity index (χ3v) is 8.08. The first kappa shape index (κ1) is 15.3. The SMILES string of the molecule is CCS(=O)(=O)C(Br)(Br)C(=O)c1ccc(Br)cc1. The standard InChI is InChI=1S/C10H9Br3O3S/c1-2-17(15,16)10(12,13)9(14)7-3-5-8(11)6-4-7/h3-6H,2H2,1H3. The van der Waals surface area contributed by atoms with Crippen LogP contribution in [0.25, 0.3) is 0 Å². The van der Waals surface area contributed by atoms with E-state index in [1.807, 2.05) is 0 Å². The quantitative estimate of drug-likeness (QED) is 0.523. The fourth-order valence-corrected chi connectivity index (χ4v) is 3.95. The first-order valence-corrected chi connectivity index (χ1v) is 8.66. The molecule has 17 heavy (non-hydrogen) atoms. The van der Waals surface area contributed by atoms with Gasteiger partial charge in [-0.05, 0) is 44.0 Å². The Morgan fingerprint density at radius 2 is 1.71 bits per heavy atom. The van der Waals surface area contributed by atoms with Crippen molar-refractivity contribution in [2.24, 2.45) is 0 Å². The smallest absolute Gasteiger partial charge is 0.243 e. The Hall–Kier alpha value is 0.280. The van der Waals surface area contributed by atoms with Gasteiger partial charge in [0, 0.05) is 10.0 Å². The Kier molecular flexibility index (Phi) is 4.97. The van der Waals surface area contributed by atoms with E-state index in [9.17, 15) is 13.2 Å². The van der Waals surface area contributed by atoms with Crippen molar-refractivity contribution in [1.29, 1.82) is 0 Å². The number of sulfone groups is 1. The van der Waals surface area contributed by atoms with E-state index in [1.54, 1.807) is 24.3 Å². The van der Waals surface area contributed by atoms with Crippen LogP contribution in [0.2, 0.25) is 0 Å². The molecule has 0 bridgehead atoms. The molecule has 0 amide bonds. The Morgan fingerprint density at radius 3 is 2.12 bits per heavy atom. The molecular weight excluding hydrogens is 440 g/mol. The summed E-state index contributed by atoms with van der Waals surface area (Å²) in [5.41, 5.74) is 0.318. The number of benzene rings is 1. The van der Waals surface area contributed by atoms with Crippen molar-refractivity contribution >= 4 is 63.4 Å². The number of halogens is 3. The topological polar surface area (TPSA) is 51.2 Å². The lowest BCUT2D eigenvalue weighted by molar-refractivity contribution is 0.100. The second-order valence-corrected chi connectivity index (χ2v) is 11.1. The molecule has 7 heteroatoms. The number of hydrogen-bond acceptors (Lipinski definition) is 3. The molecule has 0 aliphatic rings. The van der Waals surface area contributed by atoms with Crippen LogP contribution in [0.3, 0.4) is 0 Å². The minimum absolute atomic E-state index is 0.133. The average molecular weight is 449 g/mol. The maximum absolute atomic E-state index is 12.1. The number of rotatable bonds is 4. The lowest BCUT2D eigenvalue weighted by Gasteiger charge is -2.18. The van der Waals surface area contributed by atoms with E-state index in [0.29, 0.717) is 5.56 Å². The third-order valence-electron chi connectivity index (χ3n) is 2.14. The van der Waals surface area contributed by atoms with E-state index in [-0.39, 0.29) is 5.75 Å². The summed E-state index contributed by atoms with van der Waals surface area (Å²) in [5, 5.41) is 0. The van der Waals surface area contributed by atoms with Crippen molar-refractivity contribution in [3.8, 4) is 0 Å². The van der Waals surface area contributed by atoms with Crippen molar-refractivity contribution in [3.63, 3.8) is 0 Å². The molecule has 0 N–H and O–H groups in total. The zero-order chi connectivity index (χ0) is 13.3. The Morgan fingerprint density at radius 1 is 1.24 bits per heavy atom. The van der Waals surface area contributed by atoms with Gasteiger partial charge in [-0.1, -0.05) is 35.0 Å². The fraction of sp³-hybridized carbons (Fsp3) is 0.300. The highest BCUT2D eigenvalue weighted by Crippen LogP contribution is 2.37.